The predicted molar refractivity (Wildman–Crippen MR) is 74.7 cm³/mol. The summed E-state index contributed by atoms with van der Waals surface area (Å²) in [7, 11) is 0. The van der Waals surface area contributed by atoms with E-state index < -0.39 is 29.8 Å². The fourth-order valence-corrected chi connectivity index (χ4v) is 1.68. The number of pyridine rings is 1. The van der Waals surface area contributed by atoms with Crippen LogP contribution in [0.5, 0.6) is 0 Å². The minimum Gasteiger partial charge on any atom is -0.480 e. The minimum atomic E-state index is -1.55. The van der Waals surface area contributed by atoms with Crippen molar-refractivity contribution in [3.63, 3.8) is 0 Å². The van der Waals surface area contributed by atoms with Gasteiger partial charge in [-0.05, 0) is 39.3 Å². The minimum absolute atomic E-state index is 0.195. The summed E-state index contributed by atoms with van der Waals surface area (Å²) in [6, 6.07) is 1.81. The molecule has 0 aliphatic heterocycles. The number of aryl methyl sites for hydroxylation is 1. The van der Waals surface area contributed by atoms with Gasteiger partial charge < -0.3 is 20.3 Å². The number of carbonyl (C=O) groups is 2. The number of alkyl carbamates (subject to hydrolysis) is 1. The van der Waals surface area contributed by atoms with Gasteiger partial charge in [0.15, 0.2) is 6.04 Å². The van der Waals surface area contributed by atoms with Crippen molar-refractivity contribution in [1.82, 2.24) is 10.3 Å². The van der Waals surface area contributed by atoms with Gasteiger partial charge in [0.25, 0.3) is 0 Å². The van der Waals surface area contributed by atoms with Crippen molar-refractivity contribution >= 4 is 12.1 Å². The lowest BCUT2D eigenvalue weighted by Gasteiger charge is -2.24. The topological polar surface area (TPSA) is 109 Å². The van der Waals surface area contributed by atoms with E-state index in [-0.39, 0.29) is 5.69 Å². The molecule has 1 heterocycles. The molecule has 3 N–H and O–H groups in total. The zero-order valence-electron chi connectivity index (χ0n) is 12.5. The third-order valence-electron chi connectivity index (χ3n) is 2.58. The Hall–Kier alpha value is -2.15. The lowest BCUT2D eigenvalue weighted by atomic mass is 10.0. The van der Waals surface area contributed by atoms with E-state index in [9.17, 15) is 19.8 Å². The number of nitrogens with one attached hydrogen (secondary N) is 1. The van der Waals surface area contributed by atoms with E-state index in [1.165, 1.54) is 6.20 Å². The van der Waals surface area contributed by atoms with Gasteiger partial charge in [0.05, 0.1) is 5.69 Å². The lowest BCUT2D eigenvalue weighted by molar-refractivity contribution is -0.142. The first-order valence-corrected chi connectivity index (χ1v) is 6.43. The number of aliphatic hydroxyl groups is 1. The molecule has 0 aromatic carbocycles. The Kier molecular flexibility index (Phi) is 5.26. The van der Waals surface area contributed by atoms with Gasteiger partial charge in [-0.3, -0.25) is 4.98 Å². The predicted octanol–water partition coefficient (Wildman–Crippen LogP) is 1.40. The molecule has 0 fully saturated rings. The van der Waals surface area contributed by atoms with E-state index in [2.05, 4.69) is 10.3 Å². The largest absolute Gasteiger partial charge is 0.480 e. The third-order valence-corrected chi connectivity index (χ3v) is 2.58. The van der Waals surface area contributed by atoms with Crippen molar-refractivity contribution in [3.05, 3.63) is 29.6 Å². The van der Waals surface area contributed by atoms with Crippen LogP contribution in [-0.2, 0) is 9.53 Å². The number of nitrogens with zero attached hydrogens (tertiary/aromatic N) is 1. The van der Waals surface area contributed by atoms with Gasteiger partial charge in [0, 0.05) is 6.20 Å². The van der Waals surface area contributed by atoms with E-state index in [4.69, 9.17) is 4.74 Å². The fourth-order valence-electron chi connectivity index (χ4n) is 1.68. The van der Waals surface area contributed by atoms with Crippen LogP contribution in [0.2, 0.25) is 0 Å². The van der Waals surface area contributed by atoms with Crippen LogP contribution in [-0.4, -0.2) is 38.9 Å². The van der Waals surface area contributed by atoms with Crippen molar-refractivity contribution in [1.29, 1.82) is 0 Å². The molecule has 0 aliphatic rings. The summed E-state index contributed by atoms with van der Waals surface area (Å²) < 4.78 is 4.99. The third kappa shape index (κ3) is 5.03. The Morgan fingerprint density at radius 2 is 2.00 bits per heavy atom. The van der Waals surface area contributed by atoms with Crippen molar-refractivity contribution in [2.24, 2.45) is 0 Å². The highest BCUT2D eigenvalue weighted by Crippen LogP contribution is 2.19. The van der Waals surface area contributed by atoms with Gasteiger partial charge >= 0.3 is 12.1 Å². The van der Waals surface area contributed by atoms with E-state index >= 15 is 0 Å². The van der Waals surface area contributed by atoms with E-state index in [1.807, 2.05) is 0 Å². The normalized spacial score (nSPS) is 14.1. The number of carbonyl (C=O) groups excluding carboxylic acids is 1. The summed E-state index contributed by atoms with van der Waals surface area (Å²) in [5, 5.41) is 21.5. The molecule has 7 nitrogen and oxygen atoms in total. The van der Waals surface area contributed by atoms with Crippen LogP contribution in [0.3, 0.4) is 0 Å². The Labute approximate surface area is 123 Å². The number of hydrogen-bond donors (Lipinski definition) is 3. The van der Waals surface area contributed by atoms with E-state index in [0.717, 1.165) is 0 Å². The van der Waals surface area contributed by atoms with Crippen molar-refractivity contribution in [2.45, 2.75) is 45.4 Å². The first kappa shape index (κ1) is 16.9. The van der Waals surface area contributed by atoms with Gasteiger partial charge in [-0.1, -0.05) is 6.07 Å². The smallest absolute Gasteiger partial charge is 0.408 e. The van der Waals surface area contributed by atoms with Gasteiger partial charge in [-0.2, -0.15) is 0 Å². The summed E-state index contributed by atoms with van der Waals surface area (Å²) in [4.78, 5) is 26.9. The number of amides is 1. The van der Waals surface area contributed by atoms with Crippen molar-refractivity contribution in [3.8, 4) is 0 Å². The lowest BCUT2D eigenvalue weighted by Crippen LogP contribution is -2.47. The van der Waals surface area contributed by atoms with Crippen molar-refractivity contribution in [2.75, 3.05) is 0 Å². The summed E-state index contributed by atoms with van der Waals surface area (Å²) in [5.74, 6) is -1.38. The second kappa shape index (κ2) is 6.53. The average Bonchev–Trinajstić information content (AvgIpc) is 2.33. The average molecular weight is 296 g/mol. The number of carboxylic acid groups (broad SMARTS) is 1. The first-order valence-electron chi connectivity index (χ1n) is 6.43. The summed E-state index contributed by atoms with van der Waals surface area (Å²) >= 11 is 0. The van der Waals surface area contributed by atoms with Crippen LogP contribution in [0.4, 0.5) is 4.79 Å². The highest BCUT2D eigenvalue weighted by Gasteiger charge is 2.32. The summed E-state index contributed by atoms with van der Waals surface area (Å²) in [5.41, 5.74) is 0.0575. The molecule has 1 amide bonds. The molecule has 116 valence electrons. The highest BCUT2D eigenvalue weighted by molar-refractivity contribution is 5.80. The summed E-state index contributed by atoms with van der Waals surface area (Å²) in [6.07, 6.45) is -0.948. The molecule has 0 aliphatic carbocycles. The summed E-state index contributed by atoms with van der Waals surface area (Å²) in [6.45, 7) is 6.66. The number of aliphatic carboxylic acids is 1. The van der Waals surface area contributed by atoms with Crippen LogP contribution in [0.15, 0.2) is 18.3 Å². The van der Waals surface area contributed by atoms with Gasteiger partial charge in [-0.15, -0.1) is 0 Å². The molecule has 2 unspecified atom stereocenters. The number of hydrogen-bond acceptors (Lipinski definition) is 5. The Bertz CT molecular complexity index is 524. The van der Waals surface area contributed by atoms with Crippen LogP contribution >= 0.6 is 0 Å². The molecule has 21 heavy (non-hydrogen) atoms. The maximum atomic E-state index is 11.7. The second-order valence-corrected chi connectivity index (χ2v) is 5.61. The molecule has 0 bridgehead atoms. The van der Waals surface area contributed by atoms with Gasteiger partial charge in [0.1, 0.15) is 11.7 Å². The molecular formula is C14H20N2O5. The Morgan fingerprint density at radius 1 is 1.38 bits per heavy atom. The molecule has 7 heteroatoms. The second-order valence-electron chi connectivity index (χ2n) is 5.61. The Morgan fingerprint density at radius 3 is 2.48 bits per heavy atom. The monoisotopic (exact) mass is 296 g/mol. The molecule has 0 saturated heterocycles. The van der Waals surface area contributed by atoms with Gasteiger partial charge in [0.2, 0.25) is 0 Å². The molecule has 1 rings (SSSR count). The van der Waals surface area contributed by atoms with Crippen molar-refractivity contribution < 1.29 is 24.5 Å². The number of ether oxygens (including phenoxy) is 1. The maximum absolute atomic E-state index is 11.7. The van der Waals surface area contributed by atoms with Gasteiger partial charge in [-0.25, -0.2) is 9.59 Å². The molecule has 0 radical (unpaired) electrons. The number of aromatic nitrogens is 1. The Balaban J connectivity index is 2.90. The quantitative estimate of drug-likeness (QED) is 0.775. The van der Waals surface area contributed by atoms with Crippen LogP contribution in [0, 0.1) is 6.92 Å². The molecule has 1 aromatic heterocycles. The first-order chi connectivity index (χ1) is 9.61. The molecule has 1 aromatic rings. The molecule has 0 spiro atoms. The van der Waals surface area contributed by atoms with E-state index in [0.29, 0.717) is 5.56 Å². The van der Waals surface area contributed by atoms with Crippen LogP contribution in [0.25, 0.3) is 0 Å². The number of aliphatic hydroxyl groups excluding tert-OH is 1. The standard InChI is InChI=1S/C14H20N2O5/c1-8-6-5-7-15-9(8)11(17)10(12(18)19)16-13(20)21-14(2,3)4/h5-7,10-11,17H,1-4H3,(H,16,20)(H,18,19). The SMILES string of the molecule is Cc1cccnc1C(O)C(NC(=O)OC(C)(C)C)C(=O)O. The number of rotatable bonds is 4. The highest BCUT2D eigenvalue weighted by atomic mass is 16.6. The van der Waals surface area contributed by atoms with E-state index in [1.54, 1.807) is 39.8 Å². The zero-order valence-corrected chi connectivity index (χ0v) is 12.5. The fraction of sp³-hybridized carbons (Fsp3) is 0.500. The number of carboxylic acids is 1. The molecule has 2 atom stereocenters. The van der Waals surface area contributed by atoms with Crippen LogP contribution in [0.1, 0.15) is 38.1 Å². The zero-order chi connectivity index (χ0) is 16.2. The molecule has 0 saturated carbocycles. The molecular weight excluding hydrogens is 276 g/mol. The maximum Gasteiger partial charge on any atom is 0.408 e. The van der Waals surface area contributed by atoms with Crippen LogP contribution < -0.4 is 5.32 Å².